The first-order valence-electron chi connectivity index (χ1n) is 6.59. The summed E-state index contributed by atoms with van der Waals surface area (Å²) in [5, 5.41) is 17.8. The number of aromatic nitrogens is 2. The zero-order valence-electron chi connectivity index (χ0n) is 11.5. The van der Waals surface area contributed by atoms with Crippen LogP contribution in [-0.2, 0) is 6.54 Å². The third-order valence-electron chi connectivity index (χ3n) is 3.29. The lowest BCUT2D eigenvalue weighted by atomic mass is 10.1. The molecule has 0 saturated heterocycles. The largest absolute Gasteiger partial charge is 0.348 e. The van der Waals surface area contributed by atoms with Gasteiger partial charge >= 0.3 is 0 Å². The summed E-state index contributed by atoms with van der Waals surface area (Å²) in [7, 11) is 0. The molecular formula is C15H12N4O3. The van der Waals surface area contributed by atoms with E-state index < -0.39 is 10.8 Å². The summed E-state index contributed by atoms with van der Waals surface area (Å²) >= 11 is 0. The van der Waals surface area contributed by atoms with Crippen molar-refractivity contribution in [3.8, 4) is 0 Å². The van der Waals surface area contributed by atoms with Crippen LogP contribution >= 0.6 is 0 Å². The number of hydrogen-bond acceptors (Lipinski definition) is 4. The molecule has 2 heterocycles. The maximum absolute atomic E-state index is 12.2. The van der Waals surface area contributed by atoms with Crippen LogP contribution in [0.25, 0.3) is 5.52 Å². The number of carbonyl (C=O) groups is 1. The molecule has 7 heteroatoms. The second kappa shape index (κ2) is 5.65. The molecule has 110 valence electrons. The molecule has 1 aromatic carbocycles. The molecular weight excluding hydrogens is 284 g/mol. The minimum Gasteiger partial charge on any atom is -0.348 e. The minimum absolute atomic E-state index is 0.0453. The normalized spacial score (nSPS) is 10.5. The van der Waals surface area contributed by atoms with Crippen LogP contribution in [0.1, 0.15) is 15.9 Å². The van der Waals surface area contributed by atoms with E-state index in [1.165, 1.54) is 18.2 Å². The first-order chi connectivity index (χ1) is 10.7. The molecule has 0 aliphatic carbocycles. The van der Waals surface area contributed by atoms with Crippen molar-refractivity contribution in [3.05, 3.63) is 76.1 Å². The molecule has 3 aromatic rings. The molecule has 0 bridgehead atoms. The molecule has 0 atom stereocenters. The minimum atomic E-state index is -0.565. The van der Waals surface area contributed by atoms with Gasteiger partial charge in [-0.3, -0.25) is 14.9 Å². The average Bonchev–Trinajstić information content (AvgIpc) is 2.96. The summed E-state index contributed by atoms with van der Waals surface area (Å²) in [4.78, 5) is 22.5. The van der Waals surface area contributed by atoms with Crippen molar-refractivity contribution in [2.45, 2.75) is 6.54 Å². The van der Waals surface area contributed by atoms with Crippen molar-refractivity contribution in [2.75, 3.05) is 0 Å². The molecule has 0 aliphatic rings. The Bertz CT molecular complexity index is 857. The fraction of sp³-hybridized carbons (Fsp3) is 0.0667. The zero-order chi connectivity index (χ0) is 15.5. The van der Waals surface area contributed by atoms with Gasteiger partial charge in [0.05, 0.1) is 16.6 Å². The standard InChI is InChI=1S/C15H12N4O3/c20-15(12-5-1-2-7-14(12)19(21)22)16-9-11-10-17-18-8-4-3-6-13(11)18/h1-8,10H,9H2,(H,16,20). The fourth-order valence-corrected chi connectivity index (χ4v) is 2.22. The fourth-order valence-electron chi connectivity index (χ4n) is 2.22. The lowest BCUT2D eigenvalue weighted by Crippen LogP contribution is -2.23. The maximum Gasteiger partial charge on any atom is 0.282 e. The van der Waals surface area contributed by atoms with Gasteiger partial charge in [0.1, 0.15) is 5.56 Å². The van der Waals surface area contributed by atoms with E-state index in [0.29, 0.717) is 0 Å². The Morgan fingerprint density at radius 3 is 2.82 bits per heavy atom. The van der Waals surface area contributed by atoms with Crippen LogP contribution < -0.4 is 5.32 Å². The number of carbonyl (C=O) groups excluding carboxylic acids is 1. The highest BCUT2D eigenvalue weighted by Crippen LogP contribution is 2.17. The van der Waals surface area contributed by atoms with E-state index in [0.717, 1.165) is 11.1 Å². The van der Waals surface area contributed by atoms with E-state index in [1.807, 2.05) is 24.4 Å². The quantitative estimate of drug-likeness (QED) is 0.590. The lowest BCUT2D eigenvalue weighted by molar-refractivity contribution is -0.385. The van der Waals surface area contributed by atoms with E-state index in [9.17, 15) is 14.9 Å². The Kier molecular flexibility index (Phi) is 3.53. The Balaban J connectivity index is 1.80. The summed E-state index contributed by atoms with van der Waals surface area (Å²) in [6, 6.07) is 11.5. The number of nitro benzene ring substituents is 1. The summed E-state index contributed by atoms with van der Waals surface area (Å²) in [6.45, 7) is 0.248. The van der Waals surface area contributed by atoms with Crippen molar-refractivity contribution < 1.29 is 9.72 Å². The summed E-state index contributed by atoms with van der Waals surface area (Å²) in [6.07, 6.45) is 3.47. The molecule has 1 amide bonds. The lowest BCUT2D eigenvalue weighted by Gasteiger charge is -2.05. The molecule has 1 N–H and O–H groups in total. The highest BCUT2D eigenvalue weighted by molar-refractivity contribution is 5.98. The van der Waals surface area contributed by atoms with E-state index in [-0.39, 0.29) is 17.8 Å². The van der Waals surface area contributed by atoms with E-state index in [1.54, 1.807) is 16.8 Å². The Morgan fingerprint density at radius 1 is 1.23 bits per heavy atom. The van der Waals surface area contributed by atoms with Crippen molar-refractivity contribution in [2.24, 2.45) is 0 Å². The number of para-hydroxylation sites is 1. The number of nitro groups is 1. The molecule has 22 heavy (non-hydrogen) atoms. The number of nitrogens with one attached hydrogen (secondary N) is 1. The molecule has 2 aromatic heterocycles. The molecule has 7 nitrogen and oxygen atoms in total. The molecule has 0 unspecified atom stereocenters. The third kappa shape index (κ3) is 2.51. The topological polar surface area (TPSA) is 89.5 Å². The first kappa shape index (κ1) is 13.7. The van der Waals surface area contributed by atoms with Gasteiger partial charge in [-0.05, 0) is 18.2 Å². The average molecular weight is 296 g/mol. The molecule has 0 radical (unpaired) electrons. The van der Waals surface area contributed by atoms with Crippen molar-refractivity contribution >= 4 is 17.1 Å². The van der Waals surface area contributed by atoms with Gasteiger partial charge in [0.25, 0.3) is 11.6 Å². The molecule has 0 saturated carbocycles. The van der Waals surface area contributed by atoms with Gasteiger partial charge in [0.15, 0.2) is 0 Å². The third-order valence-corrected chi connectivity index (χ3v) is 3.29. The number of fused-ring (bicyclic) bond motifs is 1. The van der Waals surface area contributed by atoms with Crippen LogP contribution in [0.3, 0.4) is 0 Å². The summed E-state index contributed by atoms with van der Waals surface area (Å²) < 4.78 is 1.70. The zero-order valence-corrected chi connectivity index (χ0v) is 11.5. The van der Waals surface area contributed by atoms with Crippen LogP contribution in [0.5, 0.6) is 0 Å². The Morgan fingerprint density at radius 2 is 2.00 bits per heavy atom. The van der Waals surface area contributed by atoms with Crippen LogP contribution in [0.15, 0.2) is 54.9 Å². The van der Waals surface area contributed by atoms with Crippen LogP contribution in [0.2, 0.25) is 0 Å². The summed E-state index contributed by atoms with van der Waals surface area (Å²) in [5.41, 5.74) is 1.56. The molecule has 0 fully saturated rings. The number of rotatable bonds is 4. The van der Waals surface area contributed by atoms with Crippen molar-refractivity contribution in [1.29, 1.82) is 0 Å². The molecule has 0 spiro atoms. The predicted octanol–water partition coefficient (Wildman–Crippen LogP) is 2.17. The van der Waals surface area contributed by atoms with Gasteiger partial charge in [-0.1, -0.05) is 18.2 Å². The van der Waals surface area contributed by atoms with Crippen molar-refractivity contribution in [3.63, 3.8) is 0 Å². The van der Waals surface area contributed by atoms with Crippen molar-refractivity contribution in [1.82, 2.24) is 14.9 Å². The van der Waals surface area contributed by atoms with Crippen LogP contribution in [0.4, 0.5) is 5.69 Å². The predicted molar refractivity (Wildman–Crippen MR) is 79.5 cm³/mol. The smallest absolute Gasteiger partial charge is 0.282 e. The van der Waals surface area contributed by atoms with Crippen LogP contribution in [-0.4, -0.2) is 20.4 Å². The number of amides is 1. The Hall–Kier alpha value is -3.22. The first-order valence-corrected chi connectivity index (χ1v) is 6.59. The van der Waals surface area contributed by atoms with Gasteiger partial charge in [-0.25, -0.2) is 4.52 Å². The highest BCUT2D eigenvalue weighted by atomic mass is 16.6. The van der Waals surface area contributed by atoms with Gasteiger partial charge in [0, 0.05) is 24.4 Å². The van der Waals surface area contributed by atoms with Gasteiger partial charge in [-0.15, -0.1) is 0 Å². The van der Waals surface area contributed by atoms with Gasteiger partial charge in [0.2, 0.25) is 0 Å². The van der Waals surface area contributed by atoms with Crippen LogP contribution in [0, 0.1) is 10.1 Å². The van der Waals surface area contributed by atoms with E-state index in [2.05, 4.69) is 10.4 Å². The number of benzene rings is 1. The van der Waals surface area contributed by atoms with E-state index >= 15 is 0 Å². The number of hydrogen-bond donors (Lipinski definition) is 1. The molecule has 3 rings (SSSR count). The highest BCUT2D eigenvalue weighted by Gasteiger charge is 2.19. The summed E-state index contributed by atoms with van der Waals surface area (Å²) in [5.74, 6) is -0.484. The number of pyridine rings is 1. The van der Waals surface area contributed by atoms with Gasteiger partial charge in [-0.2, -0.15) is 5.10 Å². The maximum atomic E-state index is 12.2. The second-order valence-electron chi connectivity index (χ2n) is 4.66. The van der Waals surface area contributed by atoms with Gasteiger partial charge < -0.3 is 5.32 Å². The monoisotopic (exact) mass is 296 g/mol. The SMILES string of the molecule is O=C(NCc1cnn2ccccc12)c1ccccc1[N+](=O)[O-]. The van der Waals surface area contributed by atoms with E-state index in [4.69, 9.17) is 0 Å². The Labute approximate surface area is 125 Å². The molecule has 0 aliphatic heterocycles. The number of nitrogens with zero attached hydrogens (tertiary/aromatic N) is 3. The second-order valence-corrected chi connectivity index (χ2v) is 4.66.